The lowest BCUT2D eigenvalue weighted by Crippen LogP contribution is -2.39. The molecule has 0 radical (unpaired) electrons. The van der Waals surface area contributed by atoms with Crippen molar-refractivity contribution >= 4 is 23.5 Å². The number of methoxy groups -OCH3 is 1. The van der Waals surface area contributed by atoms with Gasteiger partial charge in [-0.2, -0.15) is 5.10 Å². The third-order valence-corrected chi connectivity index (χ3v) is 6.38. The van der Waals surface area contributed by atoms with E-state index in [2.05, 4.69) is 5.10 Å². The zero-order valence-corrected chi connectivity index (χ0v) is 20.4. The third-order valence-electron chi connectivity index (χ3n) is 6.38. The van der Waals surface area contributed by atoms with Gasteiger partial charge in [0.05, 0.1) is 24.1 Å². The maximum absolute atomic E-state index is 12.9. The molecule has 1 amide bonds. The number of benzene rings is 2. The van der Waals surface area contributed by atoms with Gasteiger partial charge in [0.15, 0.2) is 6.10 Å². The first-order valence-corrected chi connectivity index (χ1v) is 11.6. The van der Waals surface area contributed by atoms with Crippen molar-refractivity contribution < 1.29 is 23.9 Å². The summed E-state index contributed by atoms with van der Waals surface area (Å²) in [7, 11) is 1.38. The summed E-state index contributed by atoms with van der Waals surface area (Å²) in [5.74, 6) is -1.06. The Morgan fingerprint density at radius 1 is 1.06 bits per heavy atom. The molecule has 1 atom stereocenters. The molecule has 1 unspecified atom stereocenters. The average molecular weight is 476 g/mol. The molecule has 4 rings (SSSR count). The normalized spacial score (nSPS) is 13.3. The lowest BCUT2D eigenvalue weighted by molar-refractivity contribution is -0.140. The van der Waals surface area contributed by atoms with Crippen molar-refractivity contribution in [2.45, 2.75) is 46.1 Å². The van der Waals surface area contributed by atoms with Crippen LogP contribution in [0.1, 0.15) is 46.2 Å². The van der Waals surface area contributed by atoms with Crippen molar-refractivity contribution in [2.24, 2.45) is 0 Å². The van der Waals surface area contributed by atoms with Crippen LogP contribution in [0.5, 0.6) is 0 Å². The zero-order chi connectivity index (χ0) is 25.1. The van der Waals surface area contributed by atoms with Crippen molar-refractivity contribution in [3.8, 4) is 5.69 Å². The fraction of sp³-hybridized carbons (Fsp3) is 0.333. The van der Waals surface area contributed by atoms with Gasteiger partial charge in [-0.3, -0.25) is 9.59 Å². The van der Waals surface area contributed by atoms with Crippen LogP contribution in [0.25, 0.3) is 5.69 Å². The van der Waals surface area contributed by atoms with Crippen molar-refractivity contribution in [3.63, 3.8) is 0 Å². The molecular weight excluding hydrogens is 446 g/mol. The number of para-hydroxylation sites is 1. The van der Waals surface area contributed by atoms with Gasteiger partial charge in [0, 0.05) is 24.3 Å². The molecule has 0 spiro atoms. The number of hydrogen-bond donors (Lipinski definition) is 0. The van der Waals surface area contributed by atoms with Crippen LogP contribution >= 0.6 is 0 Å². The monoisotopic (exact) mass is 475 g/mol. The number of esters is 2. The summed E-state index contributed by atoms with van der Waals surface area (Å²) < 4.78 is 12.0. The Hall–Kier alpha value is -3.94. The van der Waals surface area contributed by atoms with Gasteiger partial charge in [0.2, 0.25) is 0 Å². The van der Waals surface area contributed by atoms with E-state index in [0.29, 0.717) is 18.5 Å². The highest BCUT2D eigenvalue weighted by molar-refractivity contribution is 6.00. The zero-order valence-electron chi connectivity index (χ0n) is 20.4. The van der Waals surface area contributed by atoms with E-state index in [1.54, 1.807) is 40.8 Å². The predicted molar refractivity (Wildman–Crippen MR) is 131 cm³/mol. The number of aryl methyl sites for hydroxylation is 1. The highest BCUT2D eigenvalue weighted by Gasteiger charge is 2.30. The Morgan fingerprint density at radius 2 is 1.77 bits per heavy atom. The number of anilines is 1. The number of fused-ring (bicyclic) bond motifs is 1. The van der Waals surface area contributed by atoms with Gasteiger partial charge in [-0.15, -0.1) is 0 Å². The highest BCUT2D eigenvalue weighted by atomic mass is 16.5. The molecule has 0 aliphatic carbocycles. The number of ether oxygens (including phenoxy) is 2. The quantitative estimate of drug-likeness (QED) is 0.484. The van der Waals surface area contributed by atoms with E-state index in [1.165, 1.54) is 7.11 Å². The van der Waals surface area contributed by atoms with Crippen molar-refractivity contribution in [2.75, 3.05) is 18.6 Å². The lowest BCUT2D eigenvalue weighted by Gasteiger charge is -2.21. The first-order chi connectivity index (χ1) is 16.8. The Kier molecular flexibility index (Phi) is 7.00. The van der Waals surface area contributed by atoms with Crippen LogP contribution in [0, 0.1) is 13.8 Å². The van der Waals surface area contributed by atoms with Crippen LogP contribution < -0.4 is 4.90 Å². The predicted octanol–water partition coefficient (Wildman–Crippen LogP) is 3.73. The maximum Gasteiger partial charge on any atom is 0.338 e. The van der Waals surface area contributed by atoms with Crippen molar-refractivity contribution in [3.05, 3.63) is 76.6 Å². The Balaban J connectivity index is 1.42. The van der Waals surface area contributed by atoms with Crippen LogP contribution in [0.3, 0.4) is 0 Å². The number of carbonyl (C=O) groups excluding carboxylic acids is 3. The molecule has 0 saturated carbocycles. The number of rotatable bonds is 7. The number of aromatic nitrogens is 2. The van der Waals surface area contributed by atoms with Gasteiger partial charge in [-0.25, -0.2) is 9.48 Å². The van der Waals surface area contributed by atoms with E-state index in [9.17, 15) is 14.4 Å². The fourth-order valence-corrected chi connectivity index (χ4v) is 4.42. The number of carbonyl (C=O) groups is 3. The van der Waals surface area contributed by atoms with E-state index in [-0.39, 0.29) is 18.3 Å². The van der Waals surface area contributed by atoms with Gasteiger partial charge in [0.1, 0.15) is 0 Å². The molecule has 0 fully saturated rings. The van der Waals surface area contributed by atoms with E-state index < -0.39 is 12.1 Å². The van der Waals surface area contributed by atoms with Gasteiger partial charge < -0.3 is 14.4 Å². The molecule has 2 heterocycles. The number of nitrogens with zero attached hydrogens (tertiary/aromatic N) is 3. The number of hydrogen-bond acceptors (Lipinski definition) is 6. The average Bonchev–Trinajstić information content (AvgIpc) is 3.42. The standard InChI is InChI=1S/C27H29N3O5/c1-17-23(13-14-25(31)34-4)18(2)30(28-17)22-11-9-21(10-12-22)27(33)35-19(3)26(32)29-16-15-20-7-5-6-8-24(20)29/h5-12,19H,13-16H2,1-4H3. The SMILES string of the molecule is COC(=O)CCc1c(C)nn(-c2ccc(C(=O)OC(C)C(=O)N3CCc4ccccc43)cc2)c1C. The molecule has 3 aromatic rings. The molecule has 1 aliphatic rings. The molecule has 8 nitrogen and oxygen atoms in total. The van der Waals surface area contributed by atoms with E-state index >= 15 is 0 Å². The molecule has 2 aromatic carbocycles. The van der Waals surface area contributed by atoms with Crippen LogP contribution in [-0.4, -0.2) is 47.4 Å². The minimum absolute atomic E-state index is 0.234. The van der Waals surface area contributed by atoms with Gasteiger partial charge >= 0.3 is 11.9 Å². The molecule has 182 valence electrons. The summed E-state index contributed by atoms with van der Waals surface area (Å²) >= 11 is 0. The van der Waals surface area contributed by atoms with Crippen LogP contribution in [0.2, 0.25) is 0 Å². The summed E-state index contributed by atoms with van der Waals surface area (Å²) in [5.41, 5.74) is 5.88. The summed E-state index contributed by atoms with van der Waals surface area (Å²) in [5, 5.41) is 4.59. The molecule has 0 bridgehead atoms. The summed E-state index contributed by atoms with van der Waals surface area (Å²) in [6.45, 7) is 6.03. The van der Waals surface area contributed by atoms with E-state index in [0.717, 1.165) is 40.3 Å². The summed E-state index contributed by atoms with van der Waals surface area (Å²) in [4.78, 5) is 38.8. The molecule has 35 heavy (non-hydrogen) atoms. The van der Waals surface area contributed by atoms with E-state index in [4.69, 9.17) is 9.47 Å². The Bertz CT molecular complexity index is 1260. The van der Waals surface area contributed by atoms with Crippen LogP contribution in [-0.2, 0) is 31.9 Å². The minimum Gasteiger partial charge on any atom is -0.469 e. The largest absolute Gasteiger partial charge is 0.469 e. The molecular formula is C27H29N3O5. The summed E-state index contributed by atoms with van der Waals surface area (Å²) in [6, 6.07) is 14.6. The molecule has 1 aliphatic heterocycles. The van der Waals surface area contributed by atoms with Crippen LogP contribution in [0.4, 0.5) is 5.69 Å². The fourth-order valence-electron chi connectivity index (χ4n) is 4.42. The highest BCUT2D eigenvalue weighted by Crippen LogP contribution is 2.28. The molecule has 1 aromatic heterocycles. The topological polar surface area (TPSA) is 90.7 Å². The second-order valence-electron chi connectivity index (χ2n) is 8.60. The molecule has 0 N–H and O–H groups in total. The first kappa shape index (κ1) is 24.2. The maximum atomic E-state index is 12.9. The molecule has 0 saturated heterocycles. The summed E-state index contributed by atoms with van der Waals surface area (Å²) in [6.07, 6.45) is 0.721. The molecule has 8 heteroatoms. The first-order valence-electron chi connectivity index (χ1n) is 11.6. The smallest absolute Gasteiger partial charge is 0.338 e. The van der Waals surface area contributed by atoms with Gasteiger partial charge in [0.25, 0.3) is 5.91 Å². The third kappa shape index (κ3) is 4.96. The van der Waals surface area contributed by atoms with Gasteiger partial charge in [-0.05, 0) is 75.1 Å². The Labute approximate surface area is 204 Å². The van der Waals surface area contributed by atoms with Crippen LogP contribution in [0.15, 0.2) is 48.5 Å². The minimum atomic E-state index is -0.901. The number of amides is 1. The lowest BCUT2D eigenvalue weighted by atomic mass is 10.1. The van der Waals surface area contributed by atoms with E-state index in [1.807, 2.05) is 38.1 Å². The second-order valence-corrected chi connectivity index (χ2v) is 8.60. The Morgan fingerprint density at radius 3 is 2.49 bits per heavy atom. The van der Waals surface area contributed by atoms with Gasteiger partial charge in [-0.1, -0.05) is 18.2 Å². The second kappa shape index (κ2) is 10.1. The van der Waals surface area contributed by atoms with Crippen molar-refractivity contribution in [1.29, 1.82) is 0 Å². The van der Waals surface area contributed by atoms with Crippen molar-refractivity contribution in [1.82, 2.24) is 9.78 Å².